The Morgan fingerprint density at radius 3 is 2.73 bits per heavy atom. The molecule has 0 bridgehead atoms. The number of hydrogen-bond donors (Lipinski definition) is 0. The Morgan fingerprint density at radius 2 is 2.04 bits per heavy atom. The minimum absolute atomic E-state index is 0.0427. The summed E-state index contributed by atoms with van der Waals surface area (Å²) in [6, 6.07) is 9.12. The van der Waals surface area contributed by atoms with Gasteiger partial charge in [-0.3, -0.25) is 4.79 Å². The normalized spacial score (nSPS) is 22.5. The van der Waals surface area contributed by atoms with Crippen LogP contribution in [-0.4, -0.2) is 55.2 Å². The van der Waals surface area contributed by atoms with E-state index in [1.54, 1.807) is 6.08 Å². The average molecular weight is 376 g/mol. The number of sulfone groups is 1. The van der Waals surface area contributed by atoms with Crippen molar-refractivity contribution in [3.8, 4) is 0 Å². The molecule has 0 spiro atoms. The molecule has 1 fully saturated rings. The Morgan fingerprint density at radius 1 is 1.27 bits per heavy atom. The Hall–Kier alpha value is -2.48. The van der Waals surface area contributed by atoms with E-state index < -0.39 is 21.8 Å². The van der Waals surface area contributed by atoms with Gasteiger partial charge in [-0.15, -0.1) is 0 Å². The van der Waals surface area contributed by atoms with Gasteiger partial charge in [0.1, 0.15) is 12.3 Å². The van der Waals surface area contributed by atoms with E-state index in [1.165, 1.54) is 0 Å². The van der Waals surface area contributed by atoms with Crippen molar-refractivity contribution in [3.63, 3.8) is 0 Å². The van der Waals surface area contributed by atoms with Crippen LogP contribution in [0.25, 0.3) is 6.08 Å². The predicted molar refractivity (Wildman–Crippen MR) is 97.0 cm³/mol. The number of benzene rings is 1. The first kappa shape index (κ1) is 18.3. The summed E-state index contributed by atoms with van der Waals surface area (Å²) in [5.41, 5.74) is 1.15. The molecule has 2 heterocycles. The summed E-state index contributed by atoms with van der Waals surface area (Å²) in [6.07, 6.45) is 4.25. The molecule has 2 aliphatic rings. The van der Waals surface area contributed by atoms with E-state index in [0.717, 1.165) is 10.6 Å². The molecule has 0 aromatic heterocycles. The number of ether oxygens (including phenoxy) is 1. The molecule has 8 heteroatoms. The zero-order valence-corrected chi connectivity index (χ0v) is 15.0. The third-order valence-electron chi connectivity index (χ3n) is 4.27. The van der Waals surface area contributed by atoms with Crippen molar-refractivity contribution in [2.75, 3.05) is 18.1 Å². The molecule has 26 heavy (non-hydrogen) atoms. The minimum Gasteiger partial charge on any atom is -0.457 e. The Bertz CT molecular complexity index is 846. The van der Waals surface area contributed by atoms with E-state index in [-0.39, 0.29) is 42.6 Å². The highest BCUT2D eigenvalue weighted by Gasteiger charge is 2.37. The number of hydrazone groups is 1. The molecule has 1 atom stereocenters. The highest BCUT2D eigenvalue weighted by Crippen LogP contribution is 2.22. The lowest BCUT2D eigenvalue weighted by Crippen LogP contribution is -2.42. The predicted octanol–water partition coefficient (Wildman–Crippen LogP) is 1.41. The molecule has 7 nitrogen and oxygen atoms in total. The second-order valence-electron chi connectivity index (χ2n) is 6.25. The number of hydrogen-bond acceptors (Lipinski definition) is 6. The Kier molecular flexibility index (Phi) is 5.51. The zero-order valence-electron chi connectivity index (χ0n) is 14.2. The Balaban J connectivity index is 1.59. The molecule has 0 saturated carbocycles. The van der Waals surface area contributed by atoms with Crippen molar-refractivity contribution in [3.05, 3.63) is 42.0 Å². The van der Waals surface area contributed by atoms with Gasteiger partial charge in [0.2, 0.25) is 5.91 Å². The number of rotatable bonds is 5. The number of nitrogens with zero attached hydrogens (tertiary/aromatic N) is 2. The molecule has 138 valence electrons. The molecular weight excluding hydrogens is 356 g/mol. The topological polar surface area (TPSA) is 93.1 Å². The second-order valence-corrected chi connectivity index (χ2v) is 8.48. The fraction of sp³-hybridized carbons (Fsp3) is 0.389. The van der Waals surface area contributed by atoms with Crippen molar-refractivity contribution < 1.29 is 22.7 Å². The third kappa shape index (κ3) is 4.57. The quantitative estimate of drug-likeness (QED) is 0.725. The van der Waals surface area contributed by atoms with Crippen molar-refractivity contribution in [2.24, 2.45) is 5.10 Å². The molecular formula is C18H20N2O5S. The lowest BCUT2D eigenvalue weighted by atomic mass is 10.1. The van der Waals surface area contributed by atoms with Gasteiger partial charge in [-0.25, -0.2) is 18.2 Å². The number of esters is 1. The lowest BCUT2D eigenvalue weighted by Gasteiger charge is -2.27. The third-order valence-corrected chi connectivity index (χ3v) is 6.02. The largest absolute Gasteiger partial charge is 0.457 e. The first-order valence-corrected chi connectivity index (χ1v) is 10.3. The molecule has 0 radical (unpaired) electrons. The molecule has 2 aliphatic heterocycles. The molecule has 1 aromatic rings. The number of carbonyl (C=O) groups excluding carboxylic acids is 2. The van der Waals surface area contributed by atoms with Gasteiger partial charge in [0, 0.05) is 12.8 Å². The first-order chi connectivity index (χ1) is 12.4. The monoisotopic (exact) mass is 376 g/mol. The highest BCUT2D eigenvalue weighted by molar-refractivity contribution is 7.91. The van der Waals surface area contributed by atoms with Crippen LogP contribution in [0.3, 0.4) is 0 Å². The fourth-order valence-electron chi connectivity index (χ4n) is 2.93. The van der Waals surface area contributed by atoms with Crippen LogP contribution in [0.5, 0.6) is 0 Å². The van der Waals surface area contributed by atoms with Gasteiger partial charge in [-0.2, -0.15) is 5.10 Å². The standard InChI is InChI=1S/C18H20N2O5S/c21-17-9-8-16(19-20(17)15-10-12-26(23,24)13-15)18(22)25-11-4-7-14-5-2-1-3-6-14/h1-7,15H,8-13H2/b7-4-/t15-/m1/s1. The van der Waals surface area contributed by atoms with Crippen LogP contribution in [0.4, 0.5) is 0 Å². The van der Waals surface area contributed by atoms with Crippen molar-refractivity contribution >= 4 is 33.5 Å². The van der Waals surface area contributed by atoms with Crippen LogP contribution in [-0.2, 0) is 24.2 Å². The molecule has 0 aliphatic carbocycles. The molecule has 3 rings (SSSR count). The lowest BCUT2D eigenvalue weighted by molar-refractivity contribution is -0.136. The van der Waals surface area contributed by atoms with Crippen LogP contribution in [0.15, 0.2) is 41.5 Å². The summed E-state index contributed by atoms with van der Waals surface area (Å²) in [7, 11) is -3.14. The van der Waals surface area contributed by atoms with E-state index in [4.69, 9.17) is 4.74 Å². The highest BCUT2D eigenvalue weighted by atomic mass is 32.2. The summed E-state index contributed by atoms with van der Waals surface area (Å²) in [5, 5.41) is 5.24. The first-order valence-electron chi connectivity index (χ1n) is 8.43. The van der Waals surface area contributed by atoms with Crippen LogP contribution < -0.4 is 0 Å². The average Bonchev–Trinajstić information content (AvgIpc) is 2.99. The van der Waals surface area contributed by atoms with Crippen molar-refractivity contribution in [2.45, 2.75) is 25.3 Å². The molecule has 1 amide bonds. The molecule has 1 aromatic carbocycles. The molecule has 0 N–H and O–H groups in total. The van der Waals surface area contributed by atoms with Crippen LogP contribution in [0.1, 0.15) is 24.8 Å². The summed E-state index contributed by atoms with van der Waals surface area (Å²) >= 11 is 0. The van der Waals surface area contributed by atoms with Crippen LogP contribution in [0.2, 0.25) is 0 Å². The van der Waals surface area contributed by atoms with Gasteiger partial charge in [0.05, 0.1) is 17.5 Å². The maximum atomic E-state index is 12.2. The fourth-order valence-corrected chi connectivity index (χ4v) is 4.62. The molecule has 0 unspecified atom stereocenters. The Labute approximate surface area is 152 Å². The SMILES string of the molecule is O=C(OC/C=C\c1ccccc1)C1=NN([C@@H]2CCS(=O)(=O)C2)C(=O)CC1. The number of carbonyl (C=O) groups is 2. The summed E-state index contributed by atoms with van der Waals surface area (Å²) in [4.78, 5) is 24.2. The van der Waals surface area contributed by atoms with Crippen LogP contribution in [0, 0.1) is 0 Å². The zero-order chi connectivity index (χ0) is 18.6. The molecule has 1 saturated heterocycles. The summed E-state index contributed by atoms with van der Waals surface area (Å²) in [5.74, 6) is -0.903. The van der Waals surface area contributed by atoms with Gasteiger partial charge in [0.25, 0.3) is 0 Å². The second kappa shape index (κ2) is 7.82. The maximum absolute atomic E-state index is 12.2. The maximum Gasteiger partial charge on any atom is 0.354 e. The van der Waals surface area contributed by atoms with E-state index >= 15 is 0 Å². The van der Waals surface area contributed by atoms with Gasteiger partial charge in [0.15, 0.2) is 9.84 Å². The van der Waals surface area contributed by atoms with E-state index in [0.29, 0.717) is 6.42 Å². The smallest absolute Gasteiger partial charge is 0.354 e. The minimum atomic E-state index is -3.14. The number of amides is 1. The summed E-state index contributed by atoms with van der Waals surface area (Å²) in [6.45, 7) is 0.0957. The van der Waals surface area contributed by atoms with Crippen molar-refractivity contribution in [1.29, 1.82) is 0 Å². The van der Waals surface area contributed by atoms with E-state index in [9.17, 15) is 18.0 Å². The van der Waals surface area contributed by atoms with Gasteiger partial charge < -0.3 is 4.74 Å². The van der Waals surface area contributed by atoms with E-state index in [2.05, 4.69) is 5.10 Å². The van der Waals surface area contributed by atoms with Crippen molar-refractivity contribution in [1.82, 2.24) is 5.01 Å². The van der Waals surface area contributed by atoms with Gasteiger partial charge in [-0.05, 0) is 18.1 Å². The van der Waals surface area contributed by atoms with Gasteiger partial charge >= 0.3 is 5.97 Å². The summed E-state index contributed by atoms with van der Waals surface area (Å²) < 4.78 is 28.4. The van der Waals surface area contributed by atoms with Gasteiger partial charge in [-0.1, -0.05) is 36.4 Å². The van der Waals surface area contributed by atoms with Crippen LogP contribution >= 0.6 is 0 Å². The van der Waals surface area contributed by atoms with E-state index in [1.807, 2.05) is 36.4 Å².